The van der Waals surface area contributed by atoms with Gasteiger partial charge in [-0.3, -0.25) is 14.4 Å². The van der Waals surface area contributed by atoms with E-state index in [1.807, 2.05) is 6.92 Å². The van der Waals surface area contributed by atoms with Crippen LogP contribution in [0.3, 0.4) is 0 Å². The number of esters is 1. The molecule has 30 heavy (non-hydrogen) atoms. The minimum Gasteiger partial charge on any atom is -0.494 e. The Morgan fingerprint density at radius 2 is 1.63 bits per heavy atom. The van der Waals surface area contributed by atoms with E-state index in [2.05, 4.69) is 5.32 Å². The van der Waals surface area contributed by atoms with Gasteiger partial charge in [-0.25, -0.2) is 4.39 Å². The number of Topliss-reactive ketones (excluding diaryl/α,β-unsaturated/α-hetero) is 1. The fraction of sp³-hybridized carbons (Fsp3) is 0.348. The first-order valence-corrected chi connectivity index (χ1v) is 9.94. The molecular weight excluding hydrogens is 389 g/mol. The first-order chi connectivity index (χ1) is 14.4. The van der Waals surface area contributed by atoms with Crippen LogP contribution in [0.1, 0.15) is 49.9 Å². The van der Waals surface area contributed by atoms with E-state index in [4.69, 9.17) is 9.47 Å². The molecule has 0 spiro atoms. The predicted molar refractivity (Wildman–Crippen MR) is 111 cm³/mol. The Kier molecular flexibility index (Phi) is 9.00. The van der Waals surface area contributed by atoms with E-state index in [-0.39, 0.29) is 25.0 Å². The van der Waals surface area contributed by atoms with Gasteiger partial charge in [0.25, 0.3) is 5.91 Å². The normalized spacial score (nSPS) is 11.4. The van der Waals surface area contributed by atoms with Crippen LogP contribution in [0.25, 0.3) is 0 Å². The summed E-state index contributed by atoms with van der Waals surface area (Å²) < 4.78 is 23.6. The van der Waals surface area contributed by atoms with E-state index < -0.39 is 23.8 Å². The lowest BCUT2D eigenvalue weighted by Crippen LogP contribution is -2.32. The van der Waals surface area contributed by atoms with Crippen molar-refractivity contribution in [3.05, 3.63) is 59.9 Å². The lowest BCUT2D eigenvalue weighted by Gasteiger charge is -2.16. The number of carbonyl (C=O) groups is 3. The second-order valence-corrected chi connectivity index (χ2v) is 6.68. The highest BCUT2D eigenvalue weighted by molar-refractivity contribution is 5.98. The van der Waals surface area contributed by atoms with Crippen molar-refractivity contribution in [3.63, 3.8) is 0 Å². The zero-order valence-corrected chi connectivity index (χ0v) is 17.2. The van der Waals surface area contributed by atoms with Gasteiger partial charge in [-0.15, -0.1) is 0 Å². The monoisotopic (exact) mass is 415 g/mol. The number of amides is 1. The number of rotatable bonds is 11. The molecule has 2 aromatic carbocycles. The van der Waals surface area contributed by atoms with E-state index >= 15 is 0 Å². The average Bonchev–Trinajstić information content (AvgIpc) is 2.76. The topological polar surface area (TPSA) is 81.7 Å². The minimum absolute atomic E-state index is 0.0238. The van der Waals surface area contributed by atoms with Gasteiger partial charge in [-0.1, -0.05) is 13.8 Å². The van der Waals surface area contributed by atoms with Crippen LogP contribution in [0.2, 0.25) is 0 Å². The Morgan fingerprint density at radius 1 is 0.967 bits per heavy atom. The number of hydrogen-bond donors (Lipinski definition) is 1. The van der Waals surface area contributed by atoms with E-state index in [0.29, 0.717) is 23.6 Å². The van der Waals surface area contributed by atoms with Crippen molar-refractivity contribution in [2.45, 2.75) is 45.6 Å². The Bertz CT molecular complexity index is 849. The third-order valence-electron chi connectivity index (χ3n) is 4.25. The molecule has 2 aromatic rings. The molecule has 2 rings (SSSR count). The summed E-state index contributed by atoms with van der Waals surface area (Å²) in [7, 11) is 0. The molecule has 1 atom stereocenters. The van der Waals surface area contributed by atoms with Crippen LogP contribution < -0.4 is 10.1 Å². The maximum absolute atomic E-state index is 12.9. The van der Waals surface area contributed by atoms with Crippen LogP contribution in [-0.4, -0.2) is 30.4 Å². The van der Waals surface area contributed by atoms with Crippen molar-refractivity contribution in [1.29, 1.82) is 0 Å². The number of halogens is 1. The number of nitrogens with one attached hydrogen (secondary N) is 1. The van der Waals surface area contributed by atoms with Crippen molar-refractivity contribution in [2.24, 2.45) is 0 Å². The van der Waals surface area contributed by atoms with Gasteiger partial charge in [-0.2, -0.15) is 0 Å². The van der Waals surface area contributed by atoms with Gasteiger partial charge in [0.05, 0.1) is 13.0 Å². The number of hydrogen-bond acceptors (Lipinski definition) is 5. The lowest BCUT2D eigenvalue weighted by molar-refractivity contribution is -0.154. The Morgan fingerprint density at radius 3 is 2.23 bits per heavy atom. The molecule has 6 nitrogen and oxygen atoms in total. The van der Waals surface area contributed by atoms with E-state index in [1.165, 1.54) is 24.3 Å². The van der Waals surface area contributed by atoms with Gasteiger partial charge in [0, 0.05) is 17.7 Å². The molecule has 7 heteroatoms. The maximum atomic E-state index is 12.9. The third-order valence-corrected chi connectivity index (χ3v) is 4.25. The van der Waals surface area contributed by atoms with Gasteiger partial charge in [0.1, 0.15) is 11.6 Å². The summed E-state index contributed by atoms with van der Waals surface area (Å²) in [6, 6.07) is 12.0. The van der Waals surface area contributed by atoms with Crippen molar-refractivity contribution < 1.29 is 28.2 Å². The molecule has 0 fully saturated rings. The molecule has 0 saturated carbocycles. The largest absolute Gasteiger partial charge is 0.494 e. The highest BCUT2D eigenvalue weighted by atomic mass is 19.1. The van der Waals surface area contributed by atoms with Gasteiger partial charge in [0.15, 0.2) is 11.9 Å². The first kappa shape index (κ1) is 23.1. The molecule has 0 aliphatic rings. The van der Waals surface area contributed by atoms with Crippen LogP contribution in [0.4, 0.5) is 10.1 Å². The Balaban J connectivity index is 1.82. The number of ether oxygens (including phenoxy) is 2. The summed E-state index contributed by atoms with van der Waals surface area (Å²) >= 11 is 0. The zero-order chi connectivity index (χ0) is 21.9. The molecule has 0 heterocycles. The second kappa shape index (κ2) is 11.7. The highest BCUT2D eigenvalue weighted by Gasteiger charge is 2.22. The number of carbonyl (C=O) groups excluding carboxylic acids is 3. The van der Waals surface area contributed by atoms with Gasteiger partial charge >= 0.3 is 5.97 Å². The van der Waals surface area contributed by atoms with Crippen molar-refractivity contribution in [1.82, 2.24) is 0 Å². The smallest absolute Gasteiger partial charge is 0.307 e. The fourth-order valence-corrected chi connectivity index (χ4v) is 2.61. The summed E-state index contributed by atoms with van der Waals surface area (Å²) in [5.41, 5.74) is 0.880. The molecule has 0 aliphatic carbocycles. The minimum atomic E-state index is -0.993. The summed E-state index contributed by atoms with van der Waals surface area (Å²) in [5.74, 6) is -1.07. The van der Waals surface area contributed by atoms with Crippen LogP contribution >= 0.6 is 0 Å². The van der Waals surface area contributed by atoms with Crippen LogP contribution in [0, 0.1) is 5.82 Å². The molecule has 0 bridgehead atoms. The Labute approximate surface area is 175 Å². The molecular formula is C23H26FNO5. The molecule has 0 aromatic heterocycles. The van der Waals surface area contributed by atoms with Crippen molar-refractivity contribution in [2.75, 3.05) is 11.9 Å². The van der Waals surface area contributed by atoms with E-state index in [0.717, 1.165) is 6.42 Å². The summed E-state index contributed by atoms with van der Waals surface area (Å²) in [5, 5.41) is 2.57. The SMILES string of the molecule is CCCOc1ccc(C(=O)CCC(=O)OC(CC)C(=O)Nc2ccc(F)cc2)cc1. The average molecular weight is 415 g/mol. The number of ketones is 1. The molecule has 0 saturated heterocycles. The molecule has 0 aliphatic heterocycles. The number of benzene rings is 2. The number of anilines is 1. The van der Waals surface area contributed by atoms with Gasteiger partial charge in [-0.05, 0) is 61.4 Å². The van der Waals surface area contributed by atoms with Crippen LogP contribution in [0.5, 0.6) is 5.75 Å². The molecule has 1 N–H and O–H groups in total. The summed E-state index contributed by atoms with van der Waals surface area (Å²) in [4.78, 5) is 36.6. The van der Waals surface area contributed by atoms with Gasteiger partial charge in [0.2, 0.25) is 0 Å². The van der Waals surface area contributed by atoms with Gasteiger partial charge < -0.3 is 14.8 Å². The quantitative estimate of drug-likeness (QED) is 0.430. The fourth-order valence-electron chi connectivity index (χ4n) is 2.61. The molecule has 160 valence electrons. The summed E-state index contributed by atoms with van der Waals surface area (Å²) in [6.45, 7) is 4.31. The molecule has 1 unspecified atom stereocenters. The molecule has 1 amide bonds. The van der Waals surface area contributed by atoms with E-state index in [1.54, 1.807) is 31.2 Å². The van der Waals surface area contributed by atoms with Crippen molar-refractivity contribution in [3.8, 4) is 5.75 Å². The van der Waals surface area contributed by atoms with Crippen molar-refractivity contribution >= 4 is 23.3 Å². The highest BCUT2D eigenvalue weighted by Crippen LogP contribution is 2.15. The lowest BCUT2D eigenvalue weighted by atomic mass is 10.1. The van der Waals surface area contributed by atoms with Crippen LogP contribution in [-0.2, 0) is 14.3 Å². The second-order valence-electron chi connectivity index (χ2n) is 6.68. The maximum Gasteiger partial charge on any atom is 0.307 e. The van der Waals surface area contributed by atoms with Crippen LogP contribution in [0.15, 0.2) is 48.5 Å². The Hall–Kier alpha value is -3.22. The van der Waals surface area contributed by atoms with E-state index in [9.17, 15) is 18.8 Å². The zero-order valence-electron chi connectivity index (χ0n) is 17.2. The summed E-state index contributed by atoms with van der Waals surface area (Å²) in [6.07, 6.45) is 0.0137. The third kappa shape index (κ3) is 7.31. The first-order valence-electron chi connectivity index (χ1n) is 9.94. The molecule has 0 radical (unpaired) electrons. The standard InChI is InChI=1S/C23H26FNO5/c1-3-15-29-19-11-5-16(6-12-19)20(26)13-14-22(27)30-21(4-2)23(28)25-18-9-7-17(24)8-10-18/h5-12,21H,3-4,13-15H2,1-2H3,(H,25,28). The predicted octanol–water partition coefficient (Wildman–Crippen LogP) is 4.54.